The monoisotopic (exact) mass is 557 g/mol. The molecule has 0 atom stereocenters. The van der Waals surface area contributed by atoms with Crippen molar-refractivity contribution < 1.29 is 0 Å². The van der Waals surface area contributed by atoms with E-state index in [9.17, 15) is 0 Å². The second-order valence-electron chi connectivity index (χ2n) is 11.7. The van der Waals surface area contributed by atoms with Gasteiger partial charge in [0.15, 0.2) is 0 Å². The van der Waals surface area contributed by atoms with Crippen LogP contribution < -0.4 is 5.32 Å². The predicted octanol–water partition coefficient (Wildman–Crippen LogP) is 10.6. The van der Waals surface area contributed by atoms with E-state index in [1.165, 1.54) is 53.6 Å². The van der Waals surface area contributed by atoms with E-state index in [-0.39, 0.29) is 5.41 Å². The van der Waals surface area contributed by atoms with Gasteiger partial charge < -0.3 is 9.88 Å². The maximum Gasteiger partial charge on any atom is 0.0985 e. The molecule has 0 unspecified atom stereocenters. The van der Waals surface area contributed by atoms with E-state index in [1.54, 1.807) is 0 Å². The Morgan fingerprint density at radius 3 is 2.33 bits per heavy atom. The number of hydrogen-bond acceptors (Lipinski definition) is 3. The number of aromatic nitrogens is 2. The number of pyridine rings is 1. The van der Waals surface area contributed by atoms with E-state index in [2.05, 4.69) is 145 Å². The molecule has 1 aliphatic heterocycles. The Balaban J connectivity index is 1.36. The molecule has 42 heavy (non-hydrogen) atoms. The molecule has 3 aromatic heterocycles. The third kappa shape index (κ3) is 3.24. The molecule has 0 spiro atoms. The minimum absolute atomic E-state index is 0.135. The van der Waals surface area contributed by atoms with Gasteiger partial charge >= 0.3 is 0 Å². The van der Waals surface area contributed by atoms with Gasteiger partial charge in [-0.2, -0.15) is 0 Å². The van der Waals surface area contributed by atoms with Crippen LogP contribution in [0.25, 0.3) is 59.1 Å². The summed E-state index contributed by atoms with van der Waals surface area (Å²) >= 11 is 1.87. The molecule has 0 fully saturated rings. The topological polar surface area (TPSA) is 29.9 Å². The molecule has 3 nitrogen and oxygen atoms in total. The Morgan fingerprint density at radius 2 is 1.43 bits per heavy atom. The normalized spacial score (nSPS) is 13.9. The van der Waals surface area contributed by atoms with E-state index < -0.39 is 0 Å². The number of nitrogens with one attached hydrogen (secondary N) is 1. The van der Waals surface area contributed by atoms with Crippen molar-refractivity contribution in [3.8, 4) is 16.9 Å². The third-order valence-corrected chi connectivity index (χ3v) is 10.2. The van der Waals surface area contributed by atoms with Crippen LogP contribution in [0.15, 0.2) is 121 Å². The first-order valence-electron chi connectivity index (χ1n) is 14.4. The van der Waals surface area contributed by atoms with Gasteiger partial charge in [-0.1, -0.05) is 86.6 Å². The average molecular weight is 558 g/mol. The number of nitrogens with zero attached hydrogens (tertiary/aromatic N) is 2. The maximum atomic E-state index is 5.36. The molecule has 8 aromatic rings. The fourth-order valence-electron chi connectivity index (χ4n) is 6.91. The Bertz CT molecular complexity index is 2360. The van der Waals surface area contributed by atoms with Crippen LogP contribution in [0.5, 0.6) is 0 Å². The zero-order chi connectivity index (χ0) is 28.0. The Kier molecular flexibility index (Phi) is 4.83. The number of para-hydroxylation sites is 1. The van der Waals surface area contributed by atoms with E-state index >= 15 is 0 Å². The molecule has 0 saturated carbocycles. The molecule has 4 heterocycles. The van der Waals surface area contributed by atoms with Gasteiger partial charge in [0, 0.05) is 53.6 Å². The van der Waals surface area contributed by atoms with Crippen LogP contribution in [0.4, 0.5) is 11.4 Å². The third-order valence-electron chi connectivity index (χ3n) is 8.99. The highest BCUT2D eigenvalue weighted by Gasteiger charge is 2.33. The van der Waals surface area contributed by atoms with Crippen molar-refractivity contribution in [3.63, 3.8) is 0 Å². The summed E-state index contributed by atoms with van der Waals surface area (Å²) in [6.07, 6.45) is 0. The van der Waals surface area contributed by atoms with E-state index in [4.69, 9.17) is 4.98 Å². The summed E-state index contributed by atoms with van der Waals surface area (Å²) in [5.74, 6) is 0. The summed E-state index contributed by atoms with van der Waals surface area (Å²) in [5, 5.41) is 7.51. The van der Waals surface area contributed by atoms with Crippen LogP contribution >= 0.6 is 11.3 Å². The fraction of sp³-hybridized carbons (Fsp3) is 0.0789. The van der Waals surface area contributed by atoms with Crippen LogP contribution in [0.3, 0.4) is 0 Å². The molecule has 1 N–H and O–H groups in total. The summed E-state index contributed by atoms with van der Waals surface area (Å²) in [5.41, 5.74) is 11.5. The molecule has 0 aliphatic carbocycles. The summed E-state index contributed by atoms with van der Waals surface area (Å²) in [6.45, 7) is 4.66. The summed E-state index contributed by atoms with van der Waals surface area (Å²) < 4.78 is 5.01. The van der Waals surface area contributed by atoms with Gasteiger partial charge in [-0.15, -0.1) is 11.3 Å². The first-order chi connectivity index (χ1) is 20.6. The quantitative estimate of drug-likeness (QED) is 0.229. The van der Waals surface area contributed by atoms with Crippen molar-refractivity contribution in [2.75, 3.05) is 5.32 Å². The number of fused-ring (bicyclic) bond motifs is 9. The van der Waals surface area contributed by atoms with Crippen molar-refractivity contribution in [1.82, 2.24) is 9.55 Å². The average Bonchev–Trinajstić information content (AvgIpc) is 3.57. The predicted molar refractivity (Wildman–Crippen MR) is 179 cm³/mol. The number of thiophene rings is 1. The SMILES string of the molecule is CC1(C)c2ccccc2Nc2ccc(-n3c4ccc(-c5ccccc5)nc4c4c5sc6ccccc6c5ccc43)cc21. The minimum atomic E-state index is -0.135. The van der Waals surface area contributed by atoms with Gasteiger partial charge in [-0.25, -0.2) is 4.98 Å². The van der Waals surface area contributed by atoms with E-state index in [0.29, 0.717) is 0 Å². The van der Waals surface area contributed by atoms with Crippen LogP contribution in [-0.2, 0) is 5.41 Å². The lowest BCUT2D eigenvalue weighted by molar-refractivity contribution is 0.637. The number of rotatable bonds is 2. The van der Waals surface area contributed by atoms with Gasteiger partial charge in [0.2, 0.25) is 0 Å². The maximum absolute atomic E-state index is 5.36. The number of hydrogen-bond donors (Lipinski definition) is 1. The van der Waals surface area contributed by atoms with Crippen molar-refractivity contribution in [3.05, 3.63) is 132 Å². The lowest BCUT2D eigenvalue weighted by Crippen LogP contribution is -2.26. The van der Waals surface area contributed by atoms with Crippen molar-refractivity contribution in [1.29, 1.82) is 0 Å². The molecule has 5 aromatic carbocycles. The van der Waals surface area contributed by atoms with Gasteiger partial charge in [-0.3, -0.25) is 0 Å². The van der Waals surface area contributed by atoms with Gasteiger partial charge in [0.05, 0.1) is 22.2 Å². The van der Waals surface area contributed by atoms with E-state index in [1.807, 2.05) is 11.3 Å². The Labute approximate surface area is 247 Å². The van der Waals surface area contributed by atoms with Crippen LogP contribution in [0, 0.1) is 0 Å². The van der Waals surface area contributed by atoms with Crippen LogP contribution in [0.1, 0.15) is 25.0 Å². The lowest BCUT2D eigenvalue weighted by atomic mass is 9.74. The zero-order valence-electron chi connectivity index (χ0n) is 23.3. The van der Waals surface area contributed by atoms with Gasteiger partial charge in [0.25, 0.3) is 0 Å². The second-order valence-corrected chi connectivity index (χ2v) is 12.8. The summed E-state index contributed by atoms with van der Waals surface area (Å²) in [7, 11) is 0. The molecule has 1 aliphatic rings. The summed E-state index contributed by atoms with van der Waals surface area (Å²) in [4.78, 5) is 5.36. The molecule has 0 amide bonds. The Hall–Kier alpha value is -4.93. The molecule has 0 saturated heterocycles. The smallest absolute Gasteiger partial charge is 0.0985 e. The molecule has 4 heteroatoms. The standard InChI is InChI=1S/C38H27N3S/c1-38(2)27-13-7-8-14-30(27)39-31-18-16-24(22-28(31)38)41-32-20-17-26-25-12-6-9-15-34(25)42-37(26)35(32)36-33(41)21-19-29(40-36)23-10-4-3-5-11-23/h3-22,39H,1-2H3. The lowest BCUT2D eigenvalue weighted by Gasteiger charge is -2.36. The highest BCUT2D eigenvalue weighted by atomic mass is 32.1. The largest absolute Gasteiger partial charge is 0.355 e. The number of anilines is 2. The van der Waals surface area contributed by atoms with Crippen molar-refractivity contribution >= 4 is 64.8 Å². The van der Waals surface area contributed by atoms with Crippen molar-refractivity contribution in [2.45, 2.75) is 19.3 Å². The highest BCUT2D eigenvalue weighted by Crippen LogP contribution is 2.47. The van der Waals surface area contributed by atoms with Crippen molar-refractivity contribution in [2.24, 2.45) is 0 Å². The first-order valence-corrected chi connectivity index (χ1v) is 15.2. The van der Waals surface area contributed by atoms with E-state index in [0.717, 1.165) is 28.0 Å². The van der Waals surface area contributed by atoms with Gasteiger partial charge in [0.1, 0.15) is 0 Å². The Morgan fingerprint density at radius 1 is 0.667 bits per heavy atom. The molecule has 9 rings (SSSR count). The number of benzene rings is 5. The van der Waals surface area contributed by atoms with Gasteiger partial charge in [-0.05, 0) is 59.7 Å². The first kappa shape index (κ1) is 23.7. The molecule has 0 bridgehead atoms. The highest BCUT2D eigenvalue weighted by molar-refractivity contribution is 7.26. The fourth-order valence-corrected chi connectivity index (χ4v) is 8.16. The zero-order valence-corrected chi connectivity index (χ0v) is 24.2. The summed E-state index contributed by atoms with van der Waals surface area (Å²) in [6, 6.07) is 43.7. The van der Waals surface area contributed by atoms with Crippen LogP contribution in [0.2, 0.25) is 0 Å². The second kappa shape index (κ2) is 8.54. The van der Waals surface area contributed by atoms with Crippen LogP contribution in [-0.4, -0.2) is 9.55 Å². The molecular weight excluding hydrogens is 531 g/mol. The minimum Gasteiger partial charge on any atom is -0.355 e. The molecule has 0 radical (unpaired) electrons. The molecular formula is C38H27N3S. The molecule has 200 valence electrons.